The number of sulfone groups is 1. The molecule has 0 radical (unpaired) electrons. The SMILES string of the molecule is CS(=O)(=O)CCCNS(=O)(=O)Cc1ccccc1CN. The highest BCUT2D eigenvalue weighted by molar-refractivity contribution is 7.90. The van der Waals surface area contributed by atoms with Gasteiger partial charge in [0.1, 0.15) is 9.84 Å². The molecule has 8 heteroatoms. The van der Waals surface area contributed by atoms with Gasteiger partial charge in [0.2, 0.25) is 10.0 Å². The molecular weight excluding hydrogens is 300 g/mol. The number of nitrogens with two attached hydrogens (primary N) is 1. The second kappa shape index (κ2) is 7.16. The number of hydrogen-bond acceptors (Lipinski definition) is 5. The second-order valence-corrected chi connectivity index (χ2v) is 8.68. The van der Waals surface area contributed by atoms with Crippen LogP contribution in [0.15, 0.2) is 24.3 Å². The van der Waals surface area contributed by atoms with Crippen LogP contribution in [0.2, 0.25) is 0 Å². The molecule has 0 unspecified atom stereocenters. The number of hydrogen-bond donors (Lipinski definition) is 2. The molecule has 1 aromatic carbocycles. The first-order valence-electron chi connectivity index (χ1n) is 6.15. The van der Waals surface area contributed by atoms with Gasteiger partial charge < -0.3 is 5.73 Å². The molecule has 0 bridgehead atoms. The predicted octanol–water partition coefficient (Wildman–Crippen LogP) is -0.000600. The summed E-state index contributed by atoms with van der Waals surface area (Å²) in [7, 11) is -6.55. The Morgan fingerprint density at radius 1 is 1.10 bits per heavy atom. The van der Waals surface area contributed by atoms with Gasteiger partial charge in [-0.25, -0.2) is 21.6 Å². The zero-order valence-corrected chi connectivity index (χ0v) is 13.0. The van der Waals surface area contributed by atoms with Crippen molar-refractivity contribution >= 4 is 19.9 Å². The number of sulfonamides is 1. The second-order valence-electron chi connectivity index (χ2n) is 4.61. The molecule has 0 aliphatic carbocycles. The van der Waals surface area contributed by atoms with Crippen LogP contribution >= 0.6 is 0 Å². The lowest BCUT2D eigenvalue weighted by Gasteiger charge is -2.09. The molecule has 0 fully saturated rings. The summed E-state index contributed by atoms with van der Waals surface area (Å²) in [6, 6.07) is 7.07. The van der Waals surface area contributed by atoms with E-state index in [9.17, 15) is 16.8 Å². The van der Waals surface area contributed by atoms with Gasteiger partial charge in [-0.05, 0) is 17.5 Å². The maximum absolute atomic E-state index is 11.9. The number of rotatable bonds is 8. The summed E-state index contributed by atoms with van der Waals surface area (Å²) in [6.45, 7) is 0.389. The Kier molecular flexibility index (Phi) is 6.12. The Morgan fingerprint density at radius 3 is 2.25 bits per heavy atom. The zero-order valence-electron chi connectivity index (χ0n) is 11.4. The Hall–Kier alpha value is -0.960. The summed E-state index contributed by atoms with van der Waals surface area (Å²) >= 11 is 0. The van der Waals surface area contributed by atoms with Gasteiger partial charge >= 0.3 is 0 Å². The third-order valence-electron chi connectivity index (χ3n) is 2.70. The van der Waals surface area contributed by atoms with Gasteiger partial charge in [-0.2, -0.15) is 0 Å². The fourth-order valence-corrected chi connectivity index (χ4v) is 3.63. The summed E-state index contributed by atoms with van der Waals surface area (Å²) < 4.78 is 48.1. The molecular formula is C12H20N2O4S2. The monoisotopic (exact) mass is 320 g/mol. The number of benzene rings is 1. The van der Waals surface area contributed by atoms with Crippen molar-refractivity contribution in [2.45, 2.75) is 18.7 Å². The van der Waals surface area contributed by atoms with Gasteiger partial charge in [-0.3, -0.25) is 0 Å². The quantitative estimate of drug-likeness (QED) is 0.656. The lowest BCUT2D eigenvalue weighted by molar-refractivity contribution is 0.576. The van der Waals surface area contributed by atoms with Crippen LogP contribution in [-0.4, -0.2) is 35.4 Å². The predicted molar refractivity (Wildman–Crippen MR) is 79.3 cm³/mol. The molecule has 0 saturated heterocycles. The van der Waals surface area contributed by atoms with E-state index in [2.05, 4.69) is 4.72 Å². The van der Waals surface area contributed by atoms with Gasteiger partial charge in [-0.1, -0.05) is 24.3 Å². The lowest BCUT2D eigenvalue weighted by Crippen LogP contribution is -2.27. The number of nitrogens with one attached hydrogen (secondary N) is 1. The molecule has 0 saturated carbocycles. The molecule has 0 spiro atoms. The minimum absolute atomic E-state index is 0.0328. The Bertz CT molecular complexity index is 639. The van der Waals surface area contributed by atoms with Gasteiger partial charge in [0.15, 0.2) is 0 Å². The van der Waals surface area contributed by atoms with E-state index in [4.69, 9.17) is 5.73 Å². The summed E-state index contributed by atoms with van der Waals surface area (Å²) in [4.78, 5) is 0. The Labute approximate surface area is 120 Å². The van der Waals surface area contributed by atoms with Crippen molar-refractivity contribution in [2.75, 3.05) is 18.6 Å². The third kappa shape index (κ3) is 6.47. The van der Waals surface area contributed by atoms with Crippen LogP contribution in [0.25, 0.3) is 0 Å². The van der Waals surface area contributed by atoms with Crippen molar-refractivity contribution in [2.24, 2.45) is 5.73 Å². The van der Waals surface area contributed by atoms with E-state index in [0.717, 1.165) is 11.8 Å². The van der Waals surface area contributed by atoms with Crippen molar-refractivity contribution in [1.82, 2.24) is 4.72 Å². The molecule has 6 nitrogen and oxygen atoms in total. The molecule has 0 heterocycles. The molecule has 20 heavy (non-hydrogen) atoms. The van der Waals surface area contributed by atoms with E-state index in [1.165, 1.54) is 0 Å². The topological polar surface area (TPSA) is 106 Å². The standard InChI is InChI=1S/C12H20N2O4S2/c1-19(15,16)8-4-7-14-20(17,18)10-12-6-3-2-5-11(12)9-13/h2-3,5-6,14H,4,7-10,13H2,1H3. The molecule has 0 aliphatic rings. The van der Waals surface area contributed by atoms with E-state index in [1.807, 2.05) is 0 Å². The molecule has 0 amide bonds. The van der Waals surface area contributed by atoms with Crippen LogP contribution in [-0.2, 0) is 32.2 Å². The first-order valence-corrected chi connectivity index (χ1v) is 9.87. The molecule has 1 aromatic rings. The maximum Gasteiger partial charge on any atom is 0.215 e. The fraction of sp³-hybridized carbons (Fsp3) is 0.500. The molecule has 114 valence electrons. The van der Waals surface area contributed by atoms with Crippen molar-refractivity contribution < 1.29 is 16.8 Å². The minimum Gasteiger partial charge on any atom is -0.326 e. The van der Waals surface area contributed by atoms with E-state index in [-0.39, 0.29) is 31.0 Å². The van der Waals surface area contributed by atoms with Gasteiger partial charge in [0.25, 0.3) is 0 Å². The highest BCUT2D eigenvalue weighted by Gasteiger charge is 2.13. The summed E-state index contributed by atoms with van der Waals surface area (Å²) in [5.41, 5.74) is 7.00. The van der Waals surface area contributed by atoms with E-state index in [0.29, 0.717) is 5.56 Å². The smallest absolute Gasteiger partial charge is 0.215 e. The highest BCUT2D eigenvalue weighted by atomic mass is 32.2. The van der Waals surface area contributed by atoms with Crippen molar-refractivity contribution in [1.29, 1.82) is 0 Å². The first-order chi connectivity index (χ1) is 9.23. The Morgan fingerprint density at radius 2 is 1.70 bits per heavy atom. The van der Waals surface area contributed by atoms with Crippen molar-refractivity contribution in [3.8, 4) is 0 Å². The lowest BCUT2D eigenvalue weighted by atomic mass is 10.1. The molecule has 1 rings (SSSR count). The van der Waals surface area contributed by atoms with Crippen LogP contribution in [0.5, 0.6) is 0 Å². The van der Waals surface area contributed by atoms with Crippen LogP contribution in [0, 0.1) is 0 Å². The zero-order chi connectivity index (χ0) is 15.2. The minimum atomic E-state index is -3.49. The fourth-order valence-electron chi connectivity index (χ4n) is 1.72. The summed E-state index contributed by atoms with van der Waals surface area (Å²) in [6.07, 6.45) is 1.38. The largest absolute Gasteiger partial charge is 0.326 e. The van der Waals surface area contributed by atoms with Gasteiger partial charge in [0, 0.05) is 19.3 Å². The normalized spacial score (nSPS) is 12.5. The van der Waals surface area contributed by atoms with Gasteiger partial charge in [0.05, 0.1) is 11.5 Å². The van der Waals surface area contributed by atoms with Crippen molar-refractivity contribution in [3.05, 3.63) is 35.4 Å². The summed E-state index contributed by atoms with van der Waals surface area (Å²) in [5.74, 6) is -0.186. The summed E-state index contributed by atoms with van der Waals surface area (Å²) in [5, 5.41) is 0. The molecule has 0 atom stereocenters. The first kappa shape index (κ1) is 17.1. The maximum atomic E-state index is 11.9. The van der Waals surface area contributed by atoms with Gasteiger partial charge in [-0.15, -0.1) is 0 Å². The highest BCUT2D eigenvalue weighted by Crippen LogP contribution is 2.11. The van der Waals surface area contributed by atoms with E-state index >= 15 is 0 Å². The van der Waals surface area contributed by atoms with Crippen LogP contribution < -0.4 is 10.5 Å². The molecule has 0 aromatic heterocycles. The van der Waals surface area contributed by atoms with Crippen LogP contribution in [0.3, 0.4) is 0 Å². The van der Waals surface area contributed by atoms with E-state index in [1.54, 1.807) is 24.3 Å². The van der Waals surface area contributed by atoms with Crippen LogP contribution in [0.4, 0.5) is 0 Å². The van der Waals surface area contributed by atoms with Crippen LogP contribution in [0.1, 0.15) is 17.5 Å². The third-order valence-corrected chi connectivity index (χ3v) is 5.06. The average Bonchev–Trinajstić information content (AvgIpc) is 2.34. The molecule has 0 aliphatic heterocycles. The average molecular weight is 320 g/mol. The van der Waals surface area contributed by atoms with Crippen molar-refractivity contribution in [3.63, 3.8) is 0 Å². The molecule has 3 N–H and O–H groups in total. The Balaban J connectivity index is 2.57. The van der Waals surface area contributed by atoms with E-state index < -0.39 is 19.9 Å².